The highest BCUT2D eigenvalue weighted by atomic mass is 35.5. The first-order chi connectivity index (χ1) is 13.3. The van der Waals surface area contributed by atoms with Crippen molar-refractivity contribution in [2.45, 2.75) is 19.6 Å². The van der Waals surface area contributed by atoms with Gasteiger partial charge in [0, 0.05) is 17.1 Å². The lowest BCUT2D eigenvalue weighted by molar-refractivity contribution is 0.280. The highest BCUT2D eigenvalue weighted by Gasteiger charge is 2.11. The van der Waals surface area contributed by atoms with Crippen molar-refractivity contribution in [2.24, 2.45) is 0 Å². The topological polar surface area (TPSA) is 30.5 Å². The minimum absolute atomic E-state index is 0.442. The second-order valence-electron chi connectivity index (χ2n) is 6.28. The van der Waals surface area contributed by atoms with Crippen molar-refractivity contribution < 1.29 is 9.47 Å². The predicted molar refractivity (Wildman–Crippen MR) is 111 cm³/mol. The number of benzene rings is 3. The van der Waals surface area contributed by atoms with Crippen molar-refractivity contribution in [1.29, 1.82) is 0 Å². The minimum atomic E-state index is 0.442. The lowest BCUT2D eigenvalue weighted by atomic mass is 10.1. The monoisotopic (exact) mass is 381 g/mol. The van der Waals surface area contributed by atoms with E-state index in [1.807, 2.05) is 42.5 Å². The molecule has 0 aliphatic heterocycles. The van der Waals surface area contributed by atoms with Gasteiger partial charge in [0.25, 0.3) is 0 Å². The molecular formula is C23H24ClNO2. The molecule has 3 rings (SSSR count). The summed E-state index contributed by atoms with van der Waals surface area (Å²) in [6, 6.07) is 24.1. The van der Waals surface area contributed by atoms with E-state index >= 15 is 0 Å². The van der Waals surface area contributed by atoms with E-state index in [1.54, 1.807) is 7.11 Å². The molecule has 140 valence electrons. The molecule has 3 aromatic rings. The molecule has 0 atom stereocenters. The third-order valence-electron chi connectivity index (χ3n) is 4.30. The number of methoxy groups -OCH3 is 1. The summed E-state index contributed by atoms with van der Waals surface area (Å²) in [6.07, 6.45) is 0.990. The molecule has 0 bridgehead atoms. The Morgan fingerprint density at radius 3 is 2.44 bits per heavy atom. The molecule has 0 fully saturated rings. The van der Waals surface area contributed by atoms with Crippen LogP contribution in [0.25, 0.3) is 0 Å². The van der Waals surface area contributed by atoms with Crippen LogP contribution in [0, 0.1) is 0 Å². The minimum Gasteiger partial charge on any atom is -0.493 e. The average Bonchev–Trinajstić information content (AvgIpc) is 2.70. The standard InChI is InChI=1S/C23H24ClNO2/c1-26-22-12-6-10-20(16-25-14-13-18-7-3-2-4-8-18)23(22)27-17-19-9-5-11-21(24)15-19/h2-12,15,25H,13-14,16-17H2,1H3. The highest BCUT2D eigenvalue weighted by molar-refractivity contribution is 6.30. The van der Waals surface area contributed by atoms with Crippen LogP contribution < -0.4 is 14.8 Å². The second kappa shape index (κ2) is 10.0. The maximum atomic E-state index is 6.09. The van der Waals surface area contributed by atoms with Gasteiger partial charge < -0.3 is 14.8 Å². The molecule has 0 spiro atoms. The summed E-state index contributed by atoms with van der Waals surface area (Å²) in [7, 11) is 1.66. The van der Waals surface area contributed by atoms with E-state index in [4.69, 9.17) is 21.1 Å². The Bertz CT molecular complexity index is 852. The van der Waals surface area contributed by atoms with Gasteiger partial charge in [-0.15, -0.1) is 0 Å². The van der Waals surface area contributed by atoms with E-state index in [1.165, 1.54) is 5.56 Å². The first kappa shape index (κ1) is 19.3. The molecule has 3 aromatic carbocycles. The Balaban J connectivity index is 1.62. The number of halogens is 1. The van der Waals surface area contributed by atoms with E-state index in [2.05, 4.69) is 35.6 Å². The predicted octanol–water partition coefficient (Wildman–Crippen LogP) is 5.26. The third-order valence-corrected chi connectivity index (χ3v) is 4.54. The molecule has 0 aliphatic rings. The van der Waals surface area contributed by atoms with Crippen LogP contribution in [0.4, 0.5) is 0 Å². The van der Waals surface area contributed by atoms with Crippen molar-refractivity contribution in [3.05, 3.63) is 94.5 Å². The molecule has 1 N–H and O–H groups in total. The van der Waals surface area contributed by atoms with E-state index in [0.717, 1.165) is 42.1 Å². The molecule has 27 heavy (non-hydrogen) atoms. The van der Waals surface area contributed by atoms with E-state index < -0.39 is 0 Å². The molecule has 0 radical (unpaired) electrons. The van der Waals surface area contributed by atoms with Crippen LogP contribution in [-0.2, 0) is 19.6 Å². The van der Waals surface area contributed by atoms with Gasteiger partial charge in [-0.3, -0.25) is 0 Å². The fourth-order valence-electron chi connectivity index (χ4n) is 2.91. The Morgan fingerprint density at radius 1 is 0.889 bits per heavy atom. The van der Waals surface area contributed by atoms with E-state index in [-0.39, 0.29) is 0 Å². The third kappa shape index (κ3) is 5.75. The molecule has 0 aromatic heterocycles. The Kier molecular flexibility index (Phi) is 7.14. The summed E-state index contributed by atoms with van der Waals surface area (Å²) in [4.78, 5) is 0. The van der Waals surface area contributed by atoms with E-state index in [9.17, 15) is 0 Å². The second-order valence-corrected chi connectivity index (χ2v) is 6.72. The molecule has 3 nitrogen and oxygen atoms in total. The van der Waals surface area contributed by atoms with Crippen molar-refractivity contribution in [1.82, 2.24) is 5.32 Å². The normalized spacial score (nSPS) is 10.6. The summed E-state index contributed by atoms with van der Waals surface area (Å²) in [5, 5.41) is 4.20. The fraction of sp³-hybridized carbons (Fsp3) is 0.217. The van der Waals surface area contributed by atoms with Gasteiger partial charge in [-0.1, -0.05) is 66.2 Å². The highest BCUT2D eigenvalue weighted by Crippen LogP contribution is 2.32. The summed E-state index contributed by atoms with van der Waals surface area (Å²) < 4.78 is 11.6. The van der Waals surface area contributed by atoms with Crippen molar-refractivity contribution >= 4 is 11.6 Å². The average molecular weight is 382 g/mol. The van der Waals surface area contributed by atoms with Crippen LogP contribution >= 0.6 is 11.6 Å². The molecular weight excluding hydrogens is 358 g/mol. The van der Waals surface area contributed by atoms with Gasteiger partial charge in [-0.25, -0.2) is 0 Å². The quantitative estimate of drug-likeness (QED) is 0.513. The summed E-state index contributed by atoms with van der Waals surface area (Å²) in [5.41, 5.74) is 3.42. The molecule has 0 saturated carbocycles. The smallest absolute Gasteiger partial charge is 0.166 e. The van der Waals surface area contributed by atoms with Crippen LogP contribution in [0.5, 0.6) is 11.5 Å². The Labute approximate surface area is 165 Å². The number of nitrogens with one attached hydrogen (secondary N) is 1. The van der Waals surface area contributed by atoms with Crippen LogP contribution in [0.3, 0.4) is 0 Å². The van der Waals surface area contributed by atoms with Crippen LogP contribution in [0.2, 0.25) is 5.02 Å². The molecule has 0 amide bonds. The lowest BCUT2D eigenvalue weighted by Gasteiger charge is -2.16. The lowest BCUT2D eigenvalue weighted by Crippen LogP contribution is -2.17. The first-order valence-electron chi connectivity index (χ1n) is 9.04. The van der Waals surface area contributed by atoms with Crippen molar-refractivity contribution in [3.8, 4) is 11.5 Å². The first-order valence-corrected chi connectivity index (χ1v) is 9.42. The van der Waals surface area contributed by atoms with Crippen LogP contribution in [-0.4, -0.2) is 13.7 Å². The molecule has 0 aliphatic carbocycles. The zero-order valence-electron chi connectivity index (χ0n) is 15.5. The Morgan fingerprint density at radius 2 is 1.67 bits per heavy atom. The van der Waals surface area contributed by atoms with Gasteiger partial charge in [-0.05, 0) is 42.3 Å². The van der Waals surface area contributed by atoms with Gasteiger partial charge in [0.15, 0.2) is 11.5 Å². The number of para-hydroxylation sites is 1. The fourth-order valence-corrected chi connectivity index (χ4v) is 3.12. The zero-order chi connectivity index (χ0) is 18.9. The summed E-state index contributed by atoms with van der Waals surface area (Å²) in [5.74, 6) is 1.51. The van der Waals surface area contributed by atoms with Crippen molar-refractivity contribution in [2.75, 3.05) is 13.7 Å². The van der Waals surface area contributed by atoms with Gasteiger partial charge in [0.2, 0.25) is 0 Å². The maximum absolute atomic E-state index is 6.09. The summed E-state index contributed by atoms with van der Waals surface area (Å²) >= 11 is 6.06. The number of hydrogen-bond acceptors (Lipinski definition) is 3. The van der Waals surface area contributed by atoms with Gasteiger partial charge >= 0.3 is 0 Å². The molecule has 4 heteroatoms. The van der Waals surface area contributed by atoms with Gasteiger partial charge in [0.1, 0.15) is 6.61 Å². The van der Waals surface area contributed by atoms with Crippen molar-refractivity contribution in [3.63, 3.8) is 0 Å². The summed E-state index contributed by atoms with van der Waals surface area (Å²) in [6.45, 7) is 2.06. The van der Waals surface area contributed by atoms with Crippen LogP contribution in [0.1, 0.15) is 16.7 Å². The van der Waals surface area contributed by atoms with Gasteiger partial charge in [-0.2, -0.15) is 0 Å². The Hall–Kier alpha value is -2.49. The zero-order valence-corrected chi connectivity index (χ0v) is 16.2. The largest absolute Gasteiger partial charge is 0.493 e. The molecule has 0 heterocycles. The molecule has 0 unspecified atom stereocenters. The van der Waals surface area contributed by atoms with E-state index in [0.29, 0.717) is 11.6 Å². The number of hydrogen-bond donors (Lipinski definition) is 1. The number of rotatable bonds is 9. The molecule has 0 saturated heterocycles. The SMILES string of the molecule is COc1cccc(CNCCc2ccccc2)c1OCc1cccc(Cl)c1. The van der Waals surface area contributed by atoms with Crippen LogP contribution in [0.15, 0.2) is 72.8 Å². The maximum Gasteiger partial charge on any atom is 0.166 e. The number of ether oxygens (including phenoxy) is 2. The van der Waals surface area contributed by atoms with Gasteiger partial charge in [0.05, 0.1) is 7.11 Å².